The Morgan fingerprint density at radius 2 is 1.90 bits per heavy atom. The van der Waals surface area contributed by atoms with Crippen molar-refractivity contribution in [1.29, 1.82) is 0 Å². The van der Waals surface area contributed by atoms with Gasteiger partial charge in [-0.3, -0.25) is 9.59 Å². The van der Waals surface area contributed by atoms with Crippen LogP contribution in [0, 0.1) is 0 Å². The zero-order chi connectivity index (χ0) is 15.8. The van der Waals surface area contributed by atoms with Gasteiger partial charge in [0, 0.05) is 13.1 Å². The number of nitrogens with one attached hydrogen (secondary N) is 1. The third-order valence-electron chi connectivity index (χ3n) is 3.11. The molecular weight excluding hydrogens is 270 g/mol. The molecule has 0 aromatic heterocycles. The first-order valence-corrected chi connectivity index (χ1v) is 7.06. The molecule has 0 bridgehead atoms. The molecule has 6 heteroatoms. The summed E-state index contributed by atoms with van der Waals surface area (Å²) >= 11 is 0. The highest BCUT2D eigenvalue weighted by molar-refractivity contribution is 5.87. The molecular formula is C15H23N3O3. The zero-order valence-corrected chi connectivity index (χ0v) is 12.5. The lowest BCUT2D eigenvalue weighted by atomic mass is 10.1. The summed E-state index contributed by atoms with van der Waals surface area (Å²) in [6.45, 7) is 4.62. The van der Waals surface area contributed by atoms with Crippen molar-refractivity contribution in [2.45, 2.75) is 26.3 Å². The Morgan fingerprint density at radius 3 is 2.43 bits per heavy atom. The van der Waals surface area contributed by atoms with Crippen molar-refractivity contribution in [2.75, 3.05) is 19.6 Å². The van der Waals surface area contributed by atoms with Crippen LogP contribution in [0.15, 0.2) is 24.3 Å². The Bertz CT molecular complexity index is 474. The third kappa shape index (κ3) is 5.43. The van der Waals surface area contributed by atoms with Crippen LogP contribution in [-0.2, 0) is 16.0 Å². The smallest absolute Gasteiger partial charge is 0.240 e. The fourth-order valence-corrected chi connectivity index (χ4v) is 1.98. The first kappa shape index (κ1) is 17.0. The summed E-state index contributed by atoms with van der Waals surface area (Å²) in [6, 6.07) is 5.85. The fourth-order valence-electron chi connectivity index (χ4n) is 1.98. The summed E-state index contributed by atoms with van der Waals surface area (Å²) in [5, 5.41) is 11.9. The molecule has 1 unspecified atom stereocenters. The number of amides is 2. The quantitative estimate of drug-likeness (QED) is 0.671. The number of carbonyl (C=O) groups excluding carboxylic acids is 2. The minimum atomic E-state index is -0.705. The lowest BCUT2D eigenvalue weighted by Crippen LogP contribution is -2.48. The second kappa shape index (κ2) is 8.26. The van der Waals surface area contributed by atoms with Gasteiger partial charge in [0.05, 0.1) is 12.6 Å². The molecule has 21 heavy (non-hydrogen) atoms. The van der Waals surface area contributed by atoms with Crippen molar-refractivity contribution in [2.24, 2.45) is 5.73 Å². The maximum Gasteiger partial charge on any atom is 0.240 e. The molecule has 0 aliphatic heterocycles. The molecule has 0 heterocycles. The molecule has 0 aliphatic carbocycles. The van der Waals surface area contributed by atoms with E-state index in [2.05, 4.69) is 5.32 Å². The van der Waals surface area contributed by atoms with Crippen LogP contribution in [0.5, 0.6) is 5.75 Å². The van der Waals surface area contributed by atoms with Crippen LogP contribution in [-0.4, -0.2) is 47.5 Å². The number of nitrogens with zero attached hydrogens (tertiary/aromatic N) is 1. The van der Waals surface area contributed by atoms with E-state index >= 15 is 0 Å². The van der Waals surface area contributed by atoms with Crippen molar-refractivity contribution in [3.05, 3.63) is 29.8 Å². The van der Waals surface area contributed by atoms with E-state index in [0.29, 0.717) is 19.5 Å². The van der Waals surface area contributed by atoms with Gasteiger partial charge in [0.2, 0.25) is 11.8 Å². The van der Waals surface area contributed by atoms with E-state index < -0.39 is 6.04 Å². The third-order valence-corrected chi connectivity index (χ3v) is 3.11. The van der Waals surface area contributed by atoms with Crippen LogP contribution < -0.4 is 11.1 Å². The molecule has 116 valence electrons. The number of phenols is 1. The molecule has 2 amide bonds. The summed E-state index contributed by atoms with van der Waals surface area (Å²) in [4.78, 5) is 25.3. The molecule has 0 spiro atoms. The summed E-state index contributed by atoms with van der Waals surface area (Å²) in [5.74, 6) is -0.272. The standard InChI is InChI=1S/C15H23N3O3/c1-3-17-14(20)10-18(4-2)15(21)13(16)9-11-5-7-12(19)8-6-11/h5-8,13,19H,3-4,9-10,16H2,1-2H3,(H,17,20). The van der Waals surface area contributed by atoms with Gasteiger partial charge >= 0.3 is 0 Å². The minimum absolute atomic E-state index is 0.0203. The van der Waals surface area contributed by atoms with E-state index in [1.807, 2.05) is 13.8 Å². The second-order valence-corrected chi connectivity index (χ2v) is 4.78. The first-order chi connectivity index (χ1) is 9.97. The highest BCUT2D eigenvalue weighted by Gasteiger charge is 2.21. The van der Waals surface area contributed by atoms with Crippen LogP contribution in [0.3, 0.4) is 0 Å². The van der Waals surface area contributed by atoms with Crippen LogP contribution in [0.4, 0.5) is 0 Å². The number of benzene rings is 1. The molecule has 1 atom stereocenters. The number of hydrogen-bond donors (Lipinski definition) is 3. The van der Waals surface area contributed by atoms with Gasteiger partial charge in [0.15, 0.2) is 0 Å². The van der Waals surface area contributed by atoms with Crippen LogP contribution >= 0.6 is 0 Å². The molecule has 0 aliphatic rings. The number of rotatable bonds is 7. The molecule has 0 radical (unpaired) electrons. The molecule has 1 rings (SSSR count). The van der Waals surface area contributed by atoms with Gasteiger partial charge in [0.25, 0.3) is 0 Å². The SMILES string of the molecule is CCNC(=O)CN(CC)C(=O)C(N)Cc1ccc(O)cc1. The van der Waals surface area contributed by atoms with E-state index in [4.69, 9.17) is 5.73 Å². The van der Waals surface area contributed by atoms with E-state index in [0.717, 1.165) is 5.56 Å². The van der Waals surface area contributed by atoms with Crippen molar-refractivity contribution in [3.63, 3.8) is 0 Å². The van der Waals surface area contributed by atoms with E-state index in [1.54, 1.807) is 24.3 Å². The molecule has 1 aromatic carbocycles. The largest absolute Gasteiger partial charge is 0.508 e. The van der Waals surface area contributed by atoms with Crippen molar-refractivity contribution in [3.8, 4) is 5.75 Å². The van der Waals surface area contributed by atoms with Gasteiger partial charge in [-0.05, 0) is 38.0 Å². The number of phenolic OH excluding ortho intramolecular Hbond substituents is 1. The predicted octanol–water partition coefficient (Wildman–Crippen LogP) is 0.247. The number of aromatic hydroxyl groups is 1. The van der Waals surface area contributed by atoms with Crippen LogP contribution in [0.1, 0.15) is 19.4 Å². The summed E-state index contributed by atoms with van der Waals surface area (Å²) in [6.07, 6.45) is 0.366. The average molecular weight is 293 g/mol. The predicted molar refractivity (Wildman–Crippen MR) is 80.7 cm³/mol. The molecule has 0 fully saturated rings. The molecule has 0 saturated carbocycles. The van der Waals surface area contributed by atoms with Crippen molar-refractivity contribution >= 4 is 11.8 Å². The zero-order valence-electron chi connectivity index (χ0n) is 12.5. The average Bonchev–Trinajstić information content (AvgIpc) is 2.46. The number of hydrogen-bond acceptors (Lipinski definition) is 4. The molecule has 0 saturated heterocycles. The number of nitrogens with two attached hydrogens (primary N) is 1. The molecule has 1 aromatic rings. The van der Waals surface area contributed by atoms with Crippen molar-refractivity contribution < 1.29 is 14.7 Å². The fraction of sp³-hybridized carbons (Fsp3) is 0.467. The Hall–Kier alpha value is -2.08. The Balaban J connectivity index is 2.62. The van der Waals surface area contributed by atoms with E-state index in [1.165, 1.54) is 4.90 Å². The molecule has 6 nitrogen and oxygen atoms in total. The number of carbonyl (C=O) groups is 2. The van der Waals surface area contributed by atoms with Crippen molar-refractivity contribution in [1.82, 2.24) is 10.2 Å². The summed E-state index contributed by atoms with van der Waals surface area (Å²) in [7, 11) is 0. The lowest BCUT2D eigenvalue weighted by molar-refractivity contribution is -0.136. The maximum absolute atomic E-state index is 12.3. The summed E-state index contributed by atoms with van der Waals surface area (Å²) in [5.41, 5.74) is 6.79. The van der Waals surface area contributed by atoms with Crippen LogP contribution in [0.2, 0.25) is 0 Å². The van der Waals surface area contributed by atoms with Gasteiger partial charge < -0.3 is 21.1 Å². The first-order valence-electron chi connectivity index (χ1n) is 7.06. The number of likely N-dealkylation sites (N-methyl/N-ethyl adjacent to an activating group) is 2. The second-order valence-electron chi connectivity index (χ2n) is 4.78. The van der Waals surface area contributed by atoms with Crippen LogP contribution in [0.25, 0.3) is 0 Å². The minimum Gasteiger partial charge on any atom is -0.508 e. The highest BCUT2D eigenvalue weighted by atomic mass is 16.3. The monoisotopic (exact) mass is 293 g/mol. The van der Waals surface area contributed by atoms with Gasteiger partial charge in [-0.25, -0.2) is 0 Å². The molecule has 4 N–H and O–H groups in total. The normalized spacial score (nSPS) is 11.8. The topological polar surface area (TPSA) is 95.7 Å². The Kier molecular flexibility index (Phi) is 6.68. The summed E-state index contributed by atoms with van der Waals surface area (Å²) < 4.78 is 0. The van der Waals surface area contributed by atoms with Gasteiger partial charge in [0.1, 0.15) is 5.75 Å². The lowest BCUT2D eigenvalue weighted by Gasteiger charge is -2.23. The van der Waals surface area contributed by atoms with E-state index in [-0.39, 0.29) is 24.1 Å². The Morgan fingerprint density at radius 1 is 1.29 bits per heavy atom. The highest BCUT2D eigenvalue weighted by Crippen LogP contribution is 2.11. The maximum atomic E-state index is 12.3. The van der Waals surface area contributed by atoms with E-state index in [9.17, 15) is 14.7 Å². The van der Waals surface area contributed by atoms with Gasteiger partial charge in [-0.2, -0.15) is 0 Å². The Labute approximate surface area is 124 Å². The van der Waals surface area contributed by atoms with Gasteiger partial charge in [-0.15, -0.1) is 0 Å². The van der Waals surface area contributed by atoms with Gasteiger partial charge in [-0.1, -0.05) is 12.1 Å².